The second-order valence-electron chi connectivity index (χ2n) is 17.4. The van der Waals surface area contributed by atoms with Crippen molar-refractivity contribution >= 4 is 32.3 Å². The summed E-state index contributed by atoms with van der Waals surface area (Å²) in [5.41, 5.74) is 16.2. The number of benzene rings is 8. The Balaban J connectivity index is 1.08. The molecule has 1 aliphatic carbocycles. The highest BCUT2D eigenvalue weighted by Crippen LogP contribution is 2.54. The van der Waals surface area contributed by atoms with Crippen LogP contribution in [-0.2, 0) is 17.3 Å². The van der Waals surface area contributed by atoms with Gasteiger partial charge in [-0.25, -0.2) is 0 Å². The number of hydrogen-bond acceptors (Lipinski definition) is 0. The lowest BCUT2D eigenvalue weighted by atomic mass is 9.77. The standard InChI is InChI=1S/C53H48/c1-33(2)24-34-12-23-47-49(25-34)53(6,7)50-32-46(52(3,4)5)31-48(51(47)50)45-22-21-43-29-42(19-20-44(43)30-45)41-18-17-39-27-38(15-16-40(39)28-41)37-14-13-35-10-8-9-11-36(35)26-37/h8-23,25-33H,24H2,1-7H3. The summed E-state index contributed by atoms with van der Waals surface area (Å²) in [6.45, 7) is 16.5. The molecule has 0 nitrogen and oxygen atoms in total. The van der Waals surface area contributed by atoms with Crippen LogP contribution >= 0.6 is 0 Å². The van der Waals surface area contributed by atoms with E-state index in [1.165, 1.54) is 99.1 Å². The highest BCUT2D eigenvalue weighted by atomic mass is 14.4. The van der Waals surface area contributed by atoms with Gasteiger partial charge in [0.25, 0.3) is 0 Å². The fourth-order valence-corrected chi connectivity index (χ4v) is 8.72. The van der Waals surface area contributed by atoms with E-state index < -0.39 is 0 Å². The first kappa shape index (κ1) is 33.4. The van der Waals surface area contributed by atoms with Crippen molar-refractivity contribution in [3.05, 3.63) is 168 Å². The molecule has 0 saturated carbocycles. The lowest BCUT2D eigenvalue weighted by molar-refractivity contribution is 0.584. The van der Waals surface area contributed by atoms with E-state index in [4.69, 9.17) is 0 Å². The van der Waals surface area contributed by atoms with E-state index in [1.807, 2.05) is 0 Å². The first-order valence-corrected chi connectivity index (χ1v) is 19.3. The highest BCUT2D eigenvalue weighted by molar-refractivity contribution is 5.98. The van der Waals surface area contributed by atoms with Crippen molar-refractivity contribution in [3.63, 3.8) is 0 Å². The Kier molecular flexibility index (Phi) is 7.75. The van der Waals surface area contributed by atoms with Crippen molar-refractivity contribution in [3.8, 4) is 44.5 Å². The fraction of sp³-hybridized carbons (Fsp3) is 0.208. The second-order valence-corrected chi connectivity index (χ2v) is 17.4. The van der Waals surface area contributed by atoms with E-state index in [1.54, 1.807) is 0 Å². The van der Waals surface area contributed by atoms with Gasteiger partial charge in [0.05, 0.1) is 0 Å². The van der Waals surface area contributed by atoms with Crippen LogP contribution in [0.1, 0.15) is 70.7 Å². The smallest absolute Gasteiger partial charge is 0.0159 e. The maximum atomic E-state index is 2.50. The summed E-state index contributed by atoms with van der Waals surface area (Å²) in [5, 5.41) is 7.60. The summed E-state index contributed by atoms with van der Waals surface area (Å²) in [6, 6.07) is 55.3. The number of hydrogen-bond donors (Lipinski definition) is 0. The summed E-state index contributed by atoms with van der Waals surface area (Å²) < 4.78 is 0. The molecule has 0 saturated heterocycles. The van der Waals surface area contributed by atoms with Gasteiger partial charge in [-0.2, -0.15) is 0 Å². The zero-order chi connectivity index (χ0) is 36.6. The van der Waals surface area contributed by atoms with Crippen LogP contribution in [0.25, 0.3) is 76.8 Å². The first-order chi connectivity index (χ1) is 25.4. The molecule has 8 aromatic carbocycles. The SMILES string of the molecule is CC(C)Cc1ccc2c(c1)C(C)(C)c1cc(C(C)(C)C)cc(-c3ccc4cc(-c5ccc6cc(-c7ccc8ccccc8c7)ccc6c5)ccc4c3)c1-2. The molecule has 0 aliphatic heterocycles. The molecule has 8 aromatic rings. The average molecular weight is 685 g/mol. The number of rotatable bonds is 5. The van der Waals surface area contributed by atoms with E-state index in [-0.39, 0.29) is 10.8 Å². The molecule has 9 rings (SSSR count). The molecule has 0 bridgehead atoms. The molecule has 0 amide bonds. The van der Waals surface area contributed by atoms with Crippen molar-refractivity contribution < 1.29 is 0 Å². The van der Waals surface area contributed by atoms with E-state index in [0.717, 1.165) is 6.42 Å². The van der Waals surface area contributed by atoms with E-state index >= 15 is 0 Å². The van der Waals surface area contributed by atoms with Gasteiger partial charge >= 0.3 is 0 Å². The van der Waals surface area contributed by atoms with Gasteiger partial charge < -0.3 is 0 Å². The van der Waals surface area contributed by atoms with Gasteiger partial charge in [0.1, 0.15) is 0 Å². The van der Waals surface area contributed by atoms with Gasteiger partial charge in [0.2, 0.25) is 0 Å². The van der Waals surface area contributed by atoms with Crippen LogP contribution in [0.15, 0.2) is 146 Å². The Morgan fingerprint density at radius 3 is 1.45 bits per heavy atom. The highest BCUT2D eigenvalue weighted by Gasteiger charge is 2.38. The third-order valence-electron chi connectivity index (χ3n) is 11.8. The molecule has 0 atom stereocenters. The predicted molar refractivity (Wildman–Crippen MR) is 230 cm³/mol. The quantitative estimate of drug-likeness (QED) is 0.169. The van der Waals surface area contributed by atoms with Gasteiger partial charge in [-0.05, 0) is 153 Å². The average Bonchev–Trinajstić information content (AvgIpc) is 3.38. The van der Waals surface area contributed by atoms with Crippen molar-refractivity contribution in [1.82, 2.24) is 0 Å². The largest absolute Gasteiger partial charge is 0.0625 e. The Bertz CT molecular complexity index is 2730. The Morgan fingerprint density at radius 2 is 0.925 bits per heavy atom. The van der Waals surface area contributed by atoms with Crippen LogP contribution in [0.3, 0.4) is 0 Å². The zero-order valence-electron chi connectivity index (χ0n) is 32.1. The van der Waals surface area contributed by atoms with Crippen molar-refractivity contribution in [2.75, 3.05) is 0 Å². The van der Waals surface area contributed by atoms with Crippen molar-refractivity contribution in [2.24, 2.45) is 5.92 Å². The van der Waals surface area contributed by atoms with E-state index in [2.05, 4.69) is 194 Å². The summed E-state index contributed by atoms with van der Waals surface area (Å²) in [5.74, 6) is 0.636. The van der Waals surface area contributed by atoms with Crippen LogP contribution in [0.5, 0.6) is 0 Å². The van der Waals surface area contributed by atoms with Crippen LogP contribution < -0.4 is 0 Å². The molecule has 0 unspecified atom stereocenters. The molecule has 0 heteroatoms. The molecular weight excluding hydrogens is 637 g/mol. The minimum atomic E-state index is -0.0583. The van der Waals surface area contributed by atoms with E-state index in [9.17, 15) is 0 Å². The molecule has 0 fully saturated rings. The Morgan fingerprint density at radius 1 is 0.453 bits per heavy atom. The minimum absolute atomic E-state index is 0.0427. The molecule has 0 aromatic heterocycles. The molecule has 1 aliphatic rings. The van der Waals surface area contributed by atoms with Crippen LogP contribution in [0, 0.1) is 5.92 Å². The van der Waals surface area contributed by atoms with Gasteiger partial charge in [-0.15, -0.1) is 0 Å². The predicted octanol–water partition coefficient (Wildman–Crippen LogP) is 14.9. The lowest BCUT2D eigenvalue weighted by Gasteiger charge is -2.27. The van der Waals surface area contributed by atoms with Gasteiger partial charge in [-0.1, -0.05) is 158 Å². The molecule has 0 radical (unpaired) electrons. The maximum Gasteiger partial charge on any atom is 0.0159 e. The molecule has 0 N–H and O–H groups in total. The number of fused-ring (bicyclic) bond motifs is 6. The Labute approximate surface area is 315 Å². The summed E-state index contributed by atoms with van der Waals surface area (Å²) in [6.07, 6.45) is 1.11. The topological polar surface area (TPSA) is 0 Å². The van der Waals surface area contributed by atoms with Crippen molar-refractivity contribution in [1.29, 1.82) is 0 Å². The van der Waals surface area contributed by atoms with Gasteiger partial charge in [0, 0.05) is 5.41 Å². The molecular formula is C53H48. The summed E-state index contributed by atoms with van der Waals surface area (Å²) in [7, 11) is 0. The summed E-state index contributed by atoms with van der Waals surface area (Å²) >= 11 is 0. The van der Waals surface area contributed by atoms with Crippen LogP contribution in [-0.4, -0.2) is 0 Å². The monoisotopic (exact) mass is 684 g/mol. The van der Waals surface area contributed by atoms with Gasteiger partial charge in [-0.3, -0.25) is 0 Å². The first-order valence-electron chi connectivity index (χ1n) is 19.3. The summed E-state index contributed by atoms with van der Waals surface area (Å²) in [4.78, 5) is 0. The van der Waals surface area contributed by atoms with Crippen LogP contribution in [0.4, 0.5) is 0 Å². The normalized spacial score (nSPS) is 13.6. The third kappa shape index (κ3) is 5.86. The van der Waals surface area contributed by atoms with E-state index in [0.29, 0.717) is 5.92 Å². The fourth-order valence-electron chi connectivity index (χ4n) is 8.72. The third-order valence-corrected chi connectivity index (χ3v) is 11.8. The zero-order valence-corrected chi connectivity index (χ0v) is 32.1. The lowest BCUT2D eigenvalue weighted by Crippen LogP contribution is -2.18. The Hall–Kier alpha value is -5.46. The van der Waals surface area contributed by atoms with Crippen LogP contribution in [0.2, 0.25) is 0 Å². The maximum absolute atomic E-state index is 2.50. The second kappa shape index (κ2) is 12.3. The molecule has 53 heavy (non-hydrogen) atoms. The molecule has 0 spiro atoms. The molecule has 260 valence electrons. The van der Waals surface area contributed by atoms with Crippen molar-refractivity contribution in [2.45, 2.75) is 65.7 Å². The van der Waals surface area contributed by atoms with Gasteiger partial charge in [0.15, 0.2) is 0 Å². The molecule has 0 heterocycles. The minimum Gasteiger partial charge on any atom is -0.0625 e.